The second-order valence-electron chi connectivity index (χ2n) is 7.21. The Balaban J connectivity index is 1.56. The first-order valence-corrected chi connectivity index (χ1v) is 9.76. The zero-order chi connectivity index (χ0) is 19.4. The molecule has 1 fully saturated rings. The fourth-order valence-corrected chi connectivity index (χ4v) is 3.84. The molecule has 1 aliphatic heterocycles. The third-order valence-electron chi connectivity index (χ3n) is 5.41. The van der Waals surface area contributed by atoms with Crippen LogP contribution in [0.5, 0.6) is 0 Å². The maximum atomic E-state index is 14.4. The summed E-state index contributed by atoms with van der Waals surface area (Å²) in [6.07, 6.45) is 5.35. The van der Waals surface area contributed by atoms with E-state index >= 15 is 0 Å². The Hall–Kier alpha value is -2.21. The van der Waals surface area contributed by atoms with Gasteiger partial charge in [0.15, 0.2) is 5.78 Å². The van der Waals surface area contributed by atoms with E-state index in [0.717, 1.165) is 38.0 Å². The smallest absolute Gasteiger partial charge is 0.240 e. The van der Waals surface area contributed by atoms with Crippen molar-refractivity contribution in [2.45, 2.75) is 33.1 Å². The van der Waals surface area contributed by atoms with E-state index in [-0.39, 0.29) is 17.5 Å². The number of allylic oxidation sites excluding steroid dienone is 2. The molecule has 1 saturated heterocycles. The van der Waals surface area contributed by atoms with Crippen LogP contribution in [0.15, 0.2) is 30.0 Å². The molecule has 6 heteroatoms. The molecular weight excluding hydrogens is 345 g/mol. The zero-order valence-corrected chi connectivity index (χ0v) is 16.2. The molecule has 3 rings (SSSR count). The van der Waals surface area contributed by atoms with Crippen molar-refractivity contribution in [3.8, 4) is 0 Å². The van der Waals surface area contributed by atoms with Crippen LogP contribution >= 0.6 is 0 Å². The Morgan fingerprint density at radius 1 is 1.19 bits per heavy atom. The predicted molar refractivity (Wildman–Crippen MR) is 104 cm³/mol. The molecule has 0 unspecified atom stereocenters. The number of amides is 1. The molecule has 5 nitrogen and oxygen atoms in total. The van der Waals surface area contributed by atoms with Gasteiger partial charge in [-0.15, -0.1) is 0 Å². The fraction of sp³-hybridized carbons (Fsp3) is 0.524. The van der Waals surface area contributed by atoms with E-state index < -0.39 is 0 Å². The molecule has 0 saturated carbocycles. The summed E-state index contributed by atoms with van der Waals surface area (Å²) in [5.41, 5.74) is 2.08. The van der Waals surface area contributed by atoms with Crippen molar-refractivity contribution in [3.63, 3.8) is 0 Å². The number of carbonyl (C=O) groups is 2. The third-order valence-corrected chi connectivity index (χ3v) is 5.41. The Kier molecular flexibility index (Phi) is 6.26. The van der Waals surface area contributed by atoms with E-state index in [1.54, 1.807) is 12.1 Å². The number of ketones is 1. The van der Waals surface area contributed by atoms with Gasteiger partial charge in [0.05, 0.1) is 12.2 Å². The van der Waals surface area contributed by atoms with Crippen LogP contribution in [0.3, 0.4) is 0 Å². The lowest BCUT2D eigenvalue weighted by molar-refractivity contribution is -0.130. The quantitative estimate of drug-likeness (QED) is 0.719. The molecule has 2 aliphatic rings. The first kappa shape index (κ1) is 19.5. The lowest BCUT2D eigenvalue weighted by Crippen LogP contribution is -2.50. The van der Waals surface area contributed by atoms with Crippen LogP contribution in [0.1, 0.15) is 43.5 Å². The van der Waals surface area contributed by atoms with Gasteiger partial charge in [0.2, 0.25) is 5.91 Å². The van der Waals surface area contributed by atoms with Crippen molar-refractivity contribution in [3.05, 3.63) is 41.4 Å². The lowest BCUT2D eigenvalue weighted by Gasteiger charge is -2.36. The highest BCUT2D eigenvalue weighted by molar-refractivity contribution is 5.94. The van der Waals surface area contributed by atoms with Crippen LogP contribution in [0.25, 0.3) is 0 Å². The molecule has 0 atom stereocenters. The van der Waals surface area contributed by atoms with Gasteiger partial charge >= 0.3 is 0 Å². The Labute approximate surface area is 160 Å². The number of carbonyl (C=O) groups excluding carboxylic acids is 2. The van der Waals surface area contributed by atoms with Gasteiger partial charge in [-0.2, -0.15) is 0 Å². The average molecular weight is 373 g/mol. The summed E-state index contributed by atoms with van der Waals surface area (Å²) < 4.78 is 14.4. The molecule has 146 valence electrons. The van der Waals surface area contributed by atoms with Crippen molar-refractivity contribution < 1.29 is 14.0 Å². The number of hydrogen-bond donors (Lipinski definition) is 0. The third kappa shape index (κ3) is 4.56. The van der Waals surface area contributed by atoms with Crippen molar-refractivity contribution in [1.82, 2.24) is 9.80 Å². The van der Waals surface area contributed by atoms with Gasteiger partial charge in [-0.1, -0.05) is 6.08 Å². The first-order valence-electron chi connectivity index (χ1n) is 9.76. The van der Waals surface area contributed by atoms with E-state index in [0.29, 0.717) is 37.4 Å². The van der Waals surface area contributed by atoms with Crippen molar-refractivity contribution in [1.29, 1.82) is 0 Å². The predicted octanol–water partition coefficient (Wildman–Crippen LogP) is 3.07. The van der Waals surface area contributed by atoms with E-state index in [1.165, 1.54) is 13.0 Å². The van der Waals surface area contributed by atoms with Crippen LogP contribution in [-0.4, -0.2) is 60.8 Å². The van der Waals surface area contributed by atoms with Crippen LogP contribution in [-0.2, 0) is 4.79 Å². The Bertz CT molecular complexity index is 739. The molecule has 0 bridgehead atoms. The maximum absolute atomic E-state index is 14.4. The standard InChI is InChI=1S/C21H28FN3O2/c1-3-25(18-6-4-5-7-18)21(27)15-23-10-12-24(13-11-23)20-9-8-17(16(2)26)14-19(20)22/h6,8-9,14H,3-5,7,10-13,15H2,1-2H3. The number of Topliss-reactive ketones (excluding diaryl/α,β-unsaturated/α-hetero) is 1. The van der Waals surface area contributed by atoms with Gasteiger partial charge < -0.3 is 9.80 Å². The molecule has 0 aromatic heterocycles. The molecule has 1 aromatic rings. The largest absolute Gasteiger partial charge is 0.367 e. The number of likely N-dealkylation sites (N-methyl/N-ethyl adjacent to an activating group) is 1. The van der Waals surface area contributed by atoms with Crippen LogP contribution in [0.2, 0.25) is 0 Å². The normalized spacial score (nSPS) is 17.7. The second kappa shape index (κ2) is 8.65. The number of nitrogens with zero attached hydrogens (tertiary/aromatic N) is 3. The van der Waals surface area contributed by atoms with Gasteiger partial charge in [-0.25, -0.2) is 4.39 Å². The number of rotatable bonds is 6. The van der Waals surface area contributed by atoms with Crippen molar-refractivity contribution in [2.24, 2.45) is 0 Å². The van der Waals surface area contributed by atoms with E-state index in [2.05, 4.69) is 11.0 Å². The van der Waals surface area contributed by atoms with Crippen molar-refractivity contribution >= 4 is 17.4 Å². The monoisotopic (exact) mass is 373 g/mol. The number of hydrogen-bond acceptors (Lipinski definition) is 4. The van der Waals surface area contributed by atoms with E-state index in [9.17, 15) is 14.0 Å². The molecule has 1 aromatic carbocycles. The van der Waals surface area contributed by atoms with Gasteiger partial charge in [0.1, 0.15) is 5.82 Å². The lowest BCUT2D eigenvalue weighted by atomic mass is 10.1. The average Bonchev–Trinajstić information content (AvgIpc) is 3.17. The summed E-state index contributed by atoms with van der Waals surface area (Å²) in [5.74, 6) is -0.352. The maximum Gasteiger partial charge on any atom is 0.240 e. The molecule has 0 spiro atoms. The summed E-state index contributed by atoms with van der Waals surface area (Å²) in [6, 6.07) is 4.66. The van der Waals surface area contributed by atoms with Crippen LogP contribution in [0, 0.1) is 5.82 Å². The zero-order valence-electron chi connectivity index (χ0n) is 16.2. The molecule has 1 aliphatic carbocycles. The molecule has 0 radical (unpaired) electrons. The number of halogens is 1. The molecule has 27 heavy (non-hydrogen) atoms. The number of piperazine rings is 1. The summed E-state index contributed by atoms with van der Waals surface area (Å²) in [7, 11) is 0. The molecule has 1 heterocycles. The number of benzene rings is 1. The SMILES string of the molecule is CCN(C(=O)CN1CCN(c2ccc(C(C)=O)cc2F)CC1)C1=CCCC1. The minimum atomic E-state index is -0.363. The van der Waals surface area contributed by atoms with Gasteiger partial charge in [0.25, 0.3) is 0 Å². The fourth-order valence-electron chi connectivity index (χ4n) is 3.84. The minimum Gasteiger partial charge on any atom is -0.367 e. The summed E-state index contributed by atoms with van der Waals surface area (Å²) >= 11 is 0. The van der Waals surface area contributed by atoms with E-state index in [4.69, 9.17) is 0 Å². The minimum absolute atomic E-state index is 0.137. The highest BCUT2D eigenvalue weighted by Gasteiger charge is 2.24. The van der Waals surface area contributed by atoms with E-state index in [1.807, 2.05) is 16.7 Å². The van der Waals surface area contributed by atoms with Crippen LogP contribution < -0.4 is 4.90 Å². The van der Waals surface area contributed by atoms with Crippen LogP contribution in [0.4, 0.5) is 10.1 Å². The summed E-state index contributed by atoms with van der Waals surface area (Å²) in [4.78, 5) is 30.1. The molecule has 1 amide bonds. The Morgan fingerprint density at radius 2 is 1.93 bits per heavy atom. The summed E-state index contributed by atoms with van der Waals surface area (Å²) in [5, 5.41) is 0. The van der Waals surface area contributed by atoms with Gasteiger partial charge in [-0.3, -0.25) is 14.5 Å². The summed E-state index contributed by atoms with van der Waals surface area (Å²) in [6.45, 7) is 7.33. The number of anilines is 1. The second-order valence-corrected chi connectivity index (χ2v) is 7.21. The highest BCUT2D eigenvalue weighted by atomic mass is 19.1. The first-order chi connectivity index (χ1) is 13.0. The Morgan fingerprint density at radius 3 is 2.48 bits per heavy atom. The molecule has 0 N–H and O–H groups in total. The van der Waals surface area contributed by atoms with Gasteiger partial charge in [0, 0.05) is 44.0 Å². The van der Waals surface area contributed by atoms with Gasteiger partial charge in [-0.05, 0) is 51.3 Å². The van der Waals surface area contributed by atoms with Crippen molar-refractivity contribution in [2.75, 3.05) is 44.2 Å². The highest BCUT2D eigenvalue weighted by Crippen LogP contribution is 2.23. The molecular formula is C21H28FN3O2. The topological polar surface area (TPSA) is 43.9 Å².